The molecule has 4 atom stereocenters. The Morgan fingerprint density at radius 3 is 2.75 bits per heavy atom. The second-order valence-electron chi connectivity index (χ2n) is 7.20. The smallest absolute Gasteiger partial charge is 0.123 e. The van der Waals surface area contributed by atoms with E-state index in [1.165, 1.54) is 24.9 Å². The largest absolute Gasteiger partial charge is 0.468 e. The Balaban J connectivity index is 1.37. The van der Waals surface area contributed by atoms with Gasteiger partial charge in [0.15, 0.2) is 0 Å². The summed E-state index contributed by atoms with van der Waals surface area (Å²) in [7, 11) is 0. The maximum Gasteiger partial charge on any atom is 0.123 e. The van der Waals surface area contributed by atoms with Gasteiger partial charge in [0.1, 0.15) is 5.76 Å². The van der Waals surface area contributed by atoms with Crippen LogP contribution in [-0.4, -0.2) is 35.7 Å². The molecule has 128 valence electrons. The number of furan rings is 1. The molecular formula is C20H26N2O2. The third kappa shape index (κ3) is 3.27. The lowest BCUT2D eigenvalue weighted by Crippen LogP contribution is -2.39. The minimum Gasteiger partial charge on any atom is -0.468 e. The van der Waals surface area contributed by atoms with Crippen molar-refractivity contribution in [1.29, 1.82) is 0 Å². The summed E-state index contributed by atoms with van der Waals surface area (Å²) in [5, 5.41) is 13.4. The molecule has 1 aliphatic carbocycles. The minimum atomic E-state index is -0.0908. The zero-order chi connectivity index (χ0) is 16.4. The van der Waals surface area contributed by atoms with Gasteiger partial charge >= 0.3 is 0 Å². The predicted octanol–water partition coefficient (Wildman–Crippen LogP) is 2.81. The summed E-state index contributed by atoms with van der Waals surface area (Å²) in [6.45, 7) is 3.47. The van der Waals surface area contributed by atoms with E-state index in [-0.39, 0.29) is 12.6 Å². The molecule has 1 saturated carbocycles. The van der Waals surface area contributed by atoms with E-state index >= 15 is 0 Å². The summed E-state index contributed by atoms with van der Waals surface area (Å²) in [6.07, 6.45) is 4.16. The van der Waals surface area contributed by atoms with Gasteiger partial charge in [0.2, 0.25) is 0 Å². The van der Waals surface area contributed by atoms with Crippen molar-refractivity contribution in [1.82, 2.24) is 10.2 Å². The molecule has 2 N–H and O–H groups in total. The Kier molecular flexibility index (Phi) is 4.69. The normalized spacial score (nSPS) is 28.1. The quantitative estimate of drug-likeness (QED) is 0.857. The van der Waals surface area contributed by atoms with E-state index in [0.717, 1.165) is 24.8 Å². The highest BCUT2D eigenvalue weighted by molar-refractivity contribution is 5.15. The average Bonchev–Trinajstić information content (AvgIpc) is 3.32. The second-order valence-corrected chi connectivity index (χ2v) is 7.20. The summed E-state index contributed by atoms with van der Waals surface area (Å²) in [4.78, 5) is 2.58. The van der Waals surface area contributed by atoms with Gasteiger partial charge in [-0.3, -0.25) is 4.90 Å². The maximum atomic E-state index is 9.71. The first-order valence-corrected chi connectivity index (χ1v) is 9.00. The van der Waals surface area contributed by atoms with Crippen molar-refractivity contribution in [2.75, 3.05) is 19.7 Å². The van der Waals surface area contributed by atoms with Gasteiger partial charge in [-0.1, -0.05) is 30.3 Å². The van der Waals surface area contributed by atoms with Crippen LogP contribution in [0.15, 0.2) is 53.1 Å². The third-order valence-electron chi connectivity index (χ3n) is 5.67. The minimum absolute atomic E-state index is 0.0785. The van der Waals surface area contributed by atoms with Crippen LogP contribution >= 0.6 is 0 Å². The van der Waals surface area contributed by atoms with E-state index in [4.69, 9.17) is 4.42 Å². The number of likely N-dealkylation sites (tertiary alicyclic amines) is 1. The van der Waals surface area contributed by atoms with Crippen LogP contribution in [0, 0.1) is 11.8 Å². The van der Waals surface area contributed by atoms with E-state index in [9.17, 15) is 5.11 Å². The van der Waals surface area contributed by atoms with Crippen molar-refractivity contribution in [3.8, 4) is 0 Å². The molecule has 2 aliphatic rings. The van der Waals surface area contributed by atoms with Crippen molar-refractivity contribution < 1.29 is 9.52 Å². The second kappa shape index (κ2) is 7.09. The number of nitrogens with one attached hydrogen (secondary N) is 1. The highest BCUT2D eigenvalue weighted by Crippen LogP contribution is 2.39. The van der Waals surface area contributed by atoms with Crippen molar-refractivity contribution >= 4 is 0 Å². The Bertz CT molecular complexity index is 628. The first-order valence-electron chi connectivity index (χ1n) is 9.00. The molecule has 1 aromatic heterocycles. The molecule has 24 heavy (non-hydrogen) atoms. The van der Waals surface area contributed by atoms with Gasteiger partial charge in [-0.05, 0) is 42.4 Å². The van der Waals surface area contributed by atoms with Gasteiger partial charge < -0.3 is 14.8 Å². The molecule has 2 aromatic rings. The first-order chi connectivity index (χ1) is 11.8. The standard InChI is InChI=1S/C20H26N2O2/c23-14-19(20-7-4-10-24-20)21-18-9-8-16-12-22(13-17(16)18)11-15-5-2-1-3-6-15/h1-7,10,16-19,21,23H,8-9,11-14H2. The van der Waals surface area contributed by atoms with Crippen LogP contribution in [0.3, 0.4) is 0 Å². The molecule has 1 saturated heterocycles. The van der Waals surface area contributed by atoms with Gasteiger partial charge in [0, 0.05) is 25.7 Å². The fourth-order valence-corrected chi connectivity index (χ4v) is 4.51. The number of fused-ring (bicyclic) bond motifs is 1. The van der Waals surface area contributed by atoms with E-state index in [2.05, 4.69) is 40.5 Å². The Hall–Kier alpha value is -1.62. The number of benzene rings is 1. The SMILES string of the molecule is OCC(NC1CCC2CN(Cc3ccccc3)CC21)c1ccco1. The highest BCUT2D eigenvalue weighted by Gasteiger charge is 2.43. The zero-order valence-corrected chi connectivity index (χ0v) is 14.0. The fraction of sp³-hybridized carbons (Fsp3) is 0.500. The van der Waals surface area contributed by atoms with Gasteiger partial charge in [0.05, 0.1) is 18.9 Å². The van der Waals surface area contributed by atoms with Gasteiger partial charge in [0.25, 0.3) is 0 Å². The molecule has 2 heterocycles. The zero-order valence-electron chi connectivity index (χ0n) is 14.0. The van der Waals surface area contributed by atoms with Crippen LogP contribution < -0.4 is 5.32 Å². The van der Waals surface area contributed by atoms with Crippen LogP contribution in [0.2, 0.25) is 0 Å². The Morgan fingerprint density at radius 2 is 2.00 bits per heavy atom. The molecule has 1 aliphatic heterocycles. The fourth-order valence-electron chi connectivity index (χ4n) is 4.51. The average molecular weight is 326 g/mol. The molecule has 4 unspecified atom stereocenters. The molecule has 4 heteroatoms. The molecule has 0 bridgehead atoms. The number of nitrogens with zero attached hydrogens (tertiary/aromatic N) is 1. The predicted molar refractivity (Wildman–Crippen MR) is 93.4 cm³/mol. The molecular weight excluding hydrogens is 300 g/mol. The maximum absolute atomic E-state index is 9.71. The van der Waals surface area contributed by atoms with Crippen LogP contribution in [-0.2, 0) is 6.54 Å². The molecule has 0 amide bonds. The van der Waals surface area contributed by atoms with Crippen LogP contribution in [0.25, 0.3) is 0 Å². The molecule has 4 nitrogen and oxygen atoms in total. The Morgan fingerprint density at radius 1 is 1.12 bits per heavy atom. The topological polar surface area (TPSA) is 48.6 Å². The Labute approximate surface area is 143 Å². The first kappa shape index (κ1) is 15.9. The number of aliphatic hydroxyl groups is 1. The van der Waals surface area contributed by atoms with Crippen molar-refractivity contribution in [2.24, 2.45) is 11.8 Å². The van der Waals surface area contributed by atoms with Gasteiger partial charge in [-0.2, -0.15) is 0 Å². The molecule has 2 fully saturated rings. The van der Waals surface area contributed by atoms with E-state index in [1.807, 2.05) is 12.1 Å². The monoisotopic (exact) mass is 326 g/mol. The number of hydrogen-bond acceptors (Lipinski definition) is 4. The number of aliphatic hydroxyl groups excluding tert-OH is 1. The van der Waals surface area contributed by atoms with Crippen LogP contribution in [0.4, 0.5) is 0 Å². The van der Waals surface area contributed by atoms with Gasteiger partial charge in [-0.25, -0.2) is 0 Å². The van der Waals surface area contributed by atoms with Crippen molar-refractivity contribution in [3.63, 3.8) is 0 Å². The van der Waals surface area contributed by atoms with Gasteiger partial charge in [-0.15, -0.1) is 0 Å². The molecule has 0 radical (unpaired) electrons. The van der Waals surface area contributed by atoms with Crippen molar-refractivity contribution in [2.45, 2.75) is 31.5 Å². The molecule has 4 rings (SSSR count). The summed E-state index contributed by atoms with van der Waals surface area (Å²) < 4.78 is 5.48. The lowest BCUT2D eigenvalue weighted by Gasteiger charge is -2.25. The lowest BCUT2D eigenvalue weighted by atomic mass is 9.97. The summed E-state index contributed by atoms with van der Waals surface area (Å²) in [6, 6.07) is 14.9. The van der Waals surface area contributed by atoms with E-state index in [1.54, 1.807) is 6.26 Å². The van der Waals surface area contributed by atoms with Crippen molar-refractivity contribution in [3.05, 3.63) is 60.1 Å². The summed E-state index contributed by atoms with van der Waals surface area (Å²) in [5.41, 5.74) is 1.39. The summed E-state index contributed by atoms with van der Waals surface area (Å²) in [5.74, 6) is 2.29. The van der Waals surface area contributed by atoms with E-state index in [0.29, 0.717) is 12.0 Å². The van der Waals surface area contributed by atoms with E-state index < -0.39 is 0 Å². The molecule has 1 aromatic carbocycles. The summed E-state index contributed by atoms with van der Waals surface area (Å²) >= 11 is 0. The number of hydrogen-bond donors (Lipinski definition) is 2. The third-order valence-corrected chi connectivity index (χ3v) is 5.67. The van der Waals surface area contributed by atoms with Crippen LogP contribution in [0.5, 0.6) is 0 Å². The highest BCUT2D eigenvalue weighted by atomic mass is 16.3. The number of rotatable bonds is 6. The van der Waals surface area contributed by atoms with Crippen LogP contribution in [0.1, 0.15) is 30.2 Å². The lowest BCUT2D eigenvalue weighted by molar-refractivity contribution is 0.200. The molecule has 0 spiro atoms.